The van der Waals surface area contributed by atoms with Gasteiger partial charge in [-0.2, -0.15) is 0 Å². The predicted octanol–water partition coefficient (Wildman–Crippen LogP) is 1.70. The Morgan fingerprint density at radius 2 is 2.50 bits per heavy atom. The van der Waals surface area contributed by atoms with Gasteiger partial charge in [-0.15, -0.1) is 11.3 Å². The van der Waals surface area contributed by atoms with Crippen LogP contribution in [0, 0.1) is 0 Å². The van der Waals surface area contributed by atoms with Crippen LogP contribution in [0.15, 0.2) is 11.6 Å². The van der Waals surface area contributed by atoms with Crippen molar-refractivity contribution in [1.82, 2.24) is 10.3 Å². The molecule has 1 unspecified atom stereocenters. The van der Waals surface area contributed by atoms with Gasteiger partial charge in [-0.3, -0.25) is 0 Å². The van der Waals surface area contributed by atoms with Gasteiger partial charge in [-0.1, -0.05) is 6.92 Å². The molecule has 1 aromatic rings. The van der Waals surface area contributed by atoms with E-state index < -0.39 is 0 Å². The molecular weight excluding hydrogens is 196 g/mol. The molecule has 0 amide bonds. The van der Waals surface area contributed by atoms with Crippen molar-refractivity contribution in [2.75, 3.05) is 20.3 Å². The van der Waals surface area contributed by atoms with E-state index in [1.54, 1.807) is 18.4 Å². The summed E-state index contributed by atoms with van der Waals surface area (Å²) in [5.41, 5.74) is 0. The van der Waals surface area contributed by atoms with Crippen molar-refractivity contribution in [3.63, 3.8) is 0 Å². The van der Waals surface area contributed by atoms with E-state index in [0.29, 0.717) is 6.04 Å². The third-order valence-corrected chi connectivity index (χ3v) is 2.76. The summed E-state index contributed by atoms with van der Waals surface area (Å²) in [6, 6.07) is 0.395. The van der Waals surface area contributed by atoms with Crippen molar-refractivity contribution in [3.05, 3.63) is 16.6 Å². The van der Waals surface area contributed by atoms with Crippen LogP contribution in [0.5, 0.6) is 0 Å². The number of thiazole rings is 1. The monoisotopic (exact) mass is 214 g/mol. The summed E-state index contributed by atoms with van der Waals surface area (Å²) in [6.45, 7) is 3.96. The Hall–Kier alpha value is -0.450. The van der Waals surface area contributed by atoms with Crippen LogP contribution in [-0.4, -0.2) is 31.3 Å². The maximum atomic E-state index is 5.16. The molecule has 0 aromatic carbocycles. The third kappa shape index (κ3) is 4.17. The molecule has 80 valence electrons. The molecule has 1 rings (SSSR count). The fourth-order valence-corrected chi connectivity index (χ4v) is 2.00. The molecule has 0 bridgehead atoms. The highest BCUT2D eigenvalue weighted by Crippen LogP contribution is 2.07. The average Bonchev–Trinajstić information content (AvgIpc) is 2.67. The molecule has 0 aliphatic heterocycles. The van der Waals surface area contributed by atoms with Crippen molar-refractivity contribution >= 4 is 11.3 Å². The summed E-state index contributed by atoms with van der Waals surface area (Å²) >= 11 is 1.70. The van der Waals surface area contributed by atoms with Gasteiger partial charge in [0.1, 0.15) is 0 Å². The Morgan fingerprint density at radius 1 is 1.64 bits per heavy atom. The highest BCUT2D eigenvalue weighted by Gasteiger charge is 2.09. The molecule has 0 saturated heterocycles. The molecule has 1 atom stereocenters. The van der Waals surface area contributed by atoms with Gasteiger partial charge >= 0.3 is 0 Å². The summed E-state index contributed by atoms with van der Waals surface area (Å²) < 4.78 is 5.16. The van der Waals surface area contributed by atoms with E-state index in [9.17, 15) is 0 Å². The second-order valence-corrected chi connectivity index (χ2v) is 4.22. The maximum absolute atomic E-state index is 5.16. The largest absolute Gasteiger partial charge is 0.383 e. The van der Waals surface area contributed by atoms with Crippen molar-refractivity contribution in [3.8, 4) is 0 Å². The van der Waals surface area contributed by atoms with E-state index in [4.69, 9.17) is 4.74 Å². The van der Waals surface area contributed by atoms with Crippen LogP contribution < -0.4 is 5.32 Å². The van der Waals surface area contributed by atoms with Crippen molar-refractivity contribution < 1.29 is 4.74 Å². The second-order valence-electron chi connectivity index (χ2n) is 3.24. The molecule has 0 aliphatic carbocycles. The molecule has 0 spiro atoms. The first-order chi connectivity index (χ1) is 6.86. The maximum Gasteiger partial charge on any atom is 0.0941 e. The molecule has 0 fully saturated rings. The summed E-state index contributed by atoms with van der Waals surface area (Å²) in [4.78, 5) is 4.27. The van der Waals surface area contributed by atoms with E-state index in [1.165, 1.54) is 5.01 Å². The van der Waals surface area contributed by atoms with Gasteiger partial charge in [0.15, 0.2) is 0 Å². The average molecular weight is 214 g/mol. The third-order valence-electron chi connectivity index (χ3n) is 1.96. The van der Waals surface area contributed by atoms with Crippen molar-refractivity contribution in [1.29, 1.82) is 0 Å². The molecule has 0 saturated carbocycles. The lowest BCUT2D eigenvalue weighted by atomic mass is 10.2. The molecule has 4 heteroatoms. The Labute approximate surface area is 89.5 Å². The molecule has 1 aromatic heterocycles. The van der Waals surface area contributed by atoms with Crippen LogP contribution in [0.1, 0.15) is 18.4 Å². The molecule has 0 aliphatic rings. The van der Waals surface area contributed by atoms with E-state index in [2.05, 4.69) is 17.2 Å². The van der Waals surface area contributed by atoms with Gasteiger partial charge in [0.2, 0.25) is 0 Å². The molecule has 14 heavy (non-hydrogen) atoms. The number of ether oxygens (including phenoxy) is 1. The number of rotatable bonds is 7. The summed E-state index contributed by atoms with van der Waals surface area (Å²) in [6.07, 6.45) is 3.97. The van der Waals surface area contributed by atoms with E-state index in [1.807, 2.05) is 11.6 Å². The summed E-state index contributed by atoms with van der Waals surface area (Å²) in [5.74, 6) is 0. The normalized spacial score (nSPS) is 13.0. The molecule has 1 heterocycles. The fourth-order valence-electron chi connectivity index (χ4n) is 1.30. The summed E-state index contributed by atoms with van der Waals surface area (Å²) in [5, 5.41) is 6.64. The highest BCUT2D eigenvalue weighted by molar-refractivity contribution is 7.09. The van der Waals surface area contributed by atoms with Crippen molar-refractivity contribution in [2.45, 2.75) is 25.8 Å². The highest BCUT2D eigenvalue weighted by atomic mass is 32.1. The zero-order valence-electron chi connectivity index (χ0n) is 8.82. The number of methoxy groups -OCH3 is 1. The van der Waals surface area contributed by atoms with E-state index in [-0.39, 0.29) is 0 Å². The van der Waals surface area contributed by atoms with Gasteiger partial charge in [0, 0.05) is 31.1 Å². The van der Waals surface area contributed by atoms with Crippen LogP contribution in [-0.2, 0) is 11.2 Å². The Bertz CT molecular complexity index is 226. The van der Waals surface area contributed by atoms with Gasteiger partial charge in [0.25, 0.3) is 0 Å². The van der Waals surface area contributed by atoms with Crippen LogP contribution in [0.25, 0.3) is 0 Å². The van der Waals surface area contributed by atoms with Crippen molar-refractivity contribution in [2.24, 2.45) is 0 Å². The van der Waals surface area contributed by atoms with Crippen LogP contribution >= 0.6 is 11.3 Å². The smallest absolute Gasteiger partial charge is 0.0941 e. The topological polar surface area (TPSA) is 34.1 Å². The van der Waals surface area contributed by atoms with Crippen LogP contribution in [0.3, 0.4) is 0 Å². The first-order valence-corrected chi connectivity index (χ1v) is 5.85. The van der Waals surface area contributed by atoms with E-state index in [0.717, 1.165) is 26.0 Å². The van der Waals surface area contributed by atoms with Crippen LogP contribution in [0.2, 0.25) is 0 Å². The van der Waals surface area contributed by atoms with Gasteiger partial charge in [-0.25, -0.2) is 4.98 Å². The number of aromatic nitrogens is 1. The quantitative estimate of drug-likeness (QED) is 0.750. The first-order valence-electron chi connectivity index (χ1n) is 4.97. The molecule has 0 radical (unpaired) electrons. The van der Waals surface area contributed by atoms with Crippen LogP contribution in [0.4, 0.5) is 0 Å². The minimum Gasteiger partial charge on any atom is -0.383 e. The molecule has 1 N–H and O–H groups in total. The van der Waals surface area contributed by atoms with Gasteiger partial charge < -0.3 is 10.1 Å². The Balaban J connectivity index is 2.34. The summed E-state index contributed by atoms with van der Waals surface area (Å²) in [7, 11) is 1.74. The number of hydrogen-bond donors (Lipinski definition) is 1. The first kappa shape index (κ1) is 11.6. The SMILES string of the molecule is CCCNC(COC)Cc1nccs1. The lowest BCUT2D eigenvalue weighted by Crippen LogP contribution is -2.35. The number of hydrogen-bond acceptors (Lipinski definition) is 4. The fraction of sp³-hybridized carbons (Fsp3) is 0.700. The van der Waals surface area contributed by atoms with Gasteiger partial charge in [0.05, 0.1) is 11.6 Å². The minimum absolute atomic E-state index is 0.395. The number of nitrogens with one attached hydrogen (secondary N) is 1. The minimum atomic E-state index is 0.395. The molecular formula is C10H18N2OS. The second kappa shape index (κ2) is 6.92. The predicted molar refractivity (Wildman–Crippen MR) is 59.8 cm³/mol. The number of nitrogens with zero attached hydrogens (tertiary/aromatic N) is 1. The van der Waals surface area contributed by atoms with Gasteiger partial charge in [-0.05, 0) is 13.0 Å². The Kier molecular flexibility index (Phi) is 5.75. The zero-order valence-corrected chi connectivity index (χ0v) is 9.64. The zero-order chi connectivity index (χ0) is 10.2. The molecule has 3 nitrogen and oxygen atoms in total. The van der Waals surface area contributed by atoms with E-state index >= 15 is 0 Å². The Morgan fingerprint density at radius 3 is 3.07 bits per heavy atom. The lowest BCUT2D eigenvalue weighted by Gasteiger charge is -2.15. The standard InChI is InChI=1S/C10H18N2OS/c1-3-4-11-9(8-13-2)7-10-12-5-6-14-10/h5-6,9,11H,3-4,7-8H2,1-2H3. The lowest BCUT2D eigenvalue weighted by molar-refractivity contribution is 0.166.